The largest absolute Gasteiger partial charge is 0.508 e. The van der Waals surface area contributed by atoms with Gasteiger partial charge < -0.3 is 14.7 Å². The summed E-state index contributed by atoms with van der Waals surface area (Å²) >= 11 is 0. The molecule has 1 N–H and O–H groups in total. The summed E-state index contributed by atoms with van der Waals surface area (Å²) < 4.78 is 6.08. The van der Waals surface area contributed by atoms with E-state index in [1.54, 1.807) is 0 Å². The van der Waals surface area contributed by atoms with E-state index in [0.29, 0.717) is 5.75 Å². The van der Waals surface area contributed by atoms with E-state index in [9.17, 15) is 5.11 Å². The molecule has 190 valence electrons. The zero-order valence-corrected chi connectivity index (χ0v) is 21.5. The molecular weight excluding hydrogens is 456 g/mol. The fourth-order valence-electron chi connectivity index (χ4n) is 6.09. The average molecular weight is 493 g/mol. The predicted octanol–water partition coefficient (Wildman–Crippen LogP) is 6.76. The molecule has 1 saturated heterocycles. The Labute approximate surface area is 220 Å². The van der Waals surface area contributed by atoms with Gasteiger partial charge in [-0.25, -0.2) is 0 Å². The lowest BCUT2D eigenvalue weighted by atomic mass is 9.87. The molecule has 0 spiro atoms. The van der Waals surface area contributed by atoms with Gasteiger partial charge in [-0.05, 0) is 91.2 Å². The second-order valence-corrected chi connectivity index (χ2v) is 10.4. The predicted molar refractivity (Wildman–Crippen MR) is 152 cm³/mol. The van der Waals surface area contributed by atoms with Crippen LogP contribution in [0.4, 0.5) is 5.69 Å². The zero-order chi connectivity index (χ0) is 25.0. The highest BCUT2D eigenvalue weighted by Gasteiger charge is 2.29. The number of hydrogen-bond acceptors (Lipinski definition) is 4. The number of rotatable bonds is 7. The van der Waals surface area contributed by atoms with Gasteiger partial charge in [0, 0.05) is 24.2 Å². The van der Waals surface area contributed by atoms with Crippen molar-refractivity contribution >= 4 is 16.5 Å². The summed E-state index contributed by atoms with van der Waals surface area (Å²) in [6.45, 7) is 5.08. The Kier molecular flexibility index (Phi) is 7.00. The van der Waals surface area contributed by atoms with Gasteiger partial charge in [0.05, 0.1) is 6.04 Å². The van der Waals surface area contributed by atoms with Gasteiger partial charge in [-0.3, -0.25) is 4.90 Å². The van der Waals surface area contributed by atoms with Crippen molar-refractivity contribution in [1.82, 2.24) is 4.90 Å². The average Bonchev–Trinajstić information content (AvgIpc) is 2.94. The topological polar surface area (TPSA) is 35.9 Å². The van der Waals surface area contributed by atoms with Crippen LogP contribution in [0.3, 0.4) is 0 Å². The van der Waals surface area contributed by atoms with E-state index in [4.69, 9.17) is 4.74 Å². The molecule has 0 bridgehead atoms. The van der Waals surface area contributed by atoms with E-state index < -0.39 is 0 Å². The van der Waals surface area contributed by atoms with Crippen LogP contribution in [0.1, 0.15) is 42.0 Å². The molecule has 1 atom stereocenters. The van der Waals surface area contributed by atoms with Crippen molar-refractivity contribution in [1.29, 1.82) is 0 Å². The van der Waals surface area contributed by atoms with Crippen LogP contribution < -0.4 is 9.64 Å². The van der Waals surface area contributed by atoms with Crippen LogP contribution >= 0.6 is 0 Å². The van der Waals surface area contributed by atoms with Crippen molar-refractivity contribution < 1.29 is 9.84 Å². The molecule has 0 radical (unpaired) electrons. The fraction of sp³-hybridized carbons (Fsp3) is 0.333. The molecule has 0 amide bonds. The lowest BCUT2D eigenvalue weighted by molar-refractivity contribution is 0.183. The lowest BCUT2D eigenvalue weighted by Crippen LogP contribution is -2.36. The standard InChI is InChI=1S/C33H36N2O2/c36-28-13-16-31-27(24-28)17-20-35(32-10-6-8-26-7-2-3-9-30(26)32)33(31)23-25-11-14-29(15-12-25)37-22-21-34-18-4-1-5-19-34/h2-3,6-16,24,33,36H,1,4-5,17-23H2. The third-order valence-corrected chi connectivity index (χ3v) is 8.04. The minimum atomic E-state index is 0.195. The van der Waals surface area contributed by atoms with Crippen LogP contribution in [0, 0.1) is 0 Å². The van der Waals surface area contributed by atoms with Gasteiger partial charge in [0.1, 0.15) is 18.1 Å². The maximum atomic E-state index is 10.1. The zero-order valence-electron chi connectivity index (χ0n) is 21.5. The summed E-state index contributed by atoms with van der Waals surface area (Å²) in [4.78, 5) is 5.07. The van der Waals surface area contributed by atoms with Gasteiger partial charge >= 0.3 is 0 Å². The van der Waals surface area contributed by atoms with Crippen LogP contribution in [-0.4, -0.2) is 42.8 Å². The van der Waals surface area contributed by atoms with E-state index in [0.717, 1.165) is 38.3 Å². The SMILES string of the molecule is Oc1ccc2c(c1)CCN(c1cccc3ccccc13)C2Cc1ccc(OCCN2CCCCC2)cc1. The molecule has 4 nitrogen and oxygen atoms in total. The first-order chi connectivity index (χ1) is 18.2. The first-order valence-corrected chi connectivity index (χ1v) is 13.7. The molecule has 1 unspecified atom stereocenters. The summed E-state index contributed by atoms with van der Waals surface area (Å²) in [6, 6.07) is 30.0. The second kappa shape index (κ2) is 10.9. The highest BCUT2D eigenvalue weighted by atomic mass is 16.5. The van der Waals surface area contributed by atoms with E-state index in [1.165, 1.54) is 65.5 Å². The Hall–Kier alpha value is -3.50. The van der Waals surface area contributed by atoms with E-state index in [-0.39, 0.29) is 6.04 Å². The lowest BCUT2D eigenvalue weighted by Gasteiger charge is -2.40. The molecule has 0 aromatic heterocycles. The van der Waals surface area contributed by atoms with Gasteiger partial charge in [-0.15, -0.1) is 0 Å². The third-order valence-electron chi connectivity index (χ3n) is 8.04. The number of ether oxygens (including phenoxy) is 1. The molecule has 6 rings (SSSR count). The minimum absolute atomic E-state index is 0.195. The molecular formula is C33H36N2O2. The fourth-order valence-corrected chi connectivity index (χ4v) is 6.09. The normalized spacial score (nSPS) is 18.1. The molecule has 0 aliphatic carbocycles. The maximum Gasteiger partial charge on any atom is 0.119 e. The molecule has 37 heavy (non-hydrogen) atoms. The van der Waals surface area contributed by atoms with Crippen LogP contribution in [0.5, 0.6) is 11.5 Å². The summed E-state index contributed by atoms with van der Waals surface area (Å²) in [5.41, 5.74) is 5.12. The van der Waals surface area contributed by atoms with Crippen LogP contribution in [0.15, 0.2) is 84.9 Å². The van der Waals surface area contributed by atoms with Crippen LogP contribution in [-0.2, 0) is 12.8 Å². The summed E-state index contributed by atoms with van der Waals surface area (Å²) in [6.07, 6.45) is 5.81. The highest BCUT2D eigenvalue weighted by Crippen LogP contribution is 2.40. The monoisotopic (exact) mass is 492 g/mol. The molecule has 4 aromatic rings. The molecule has 4 aromatic carbocycles. The second-order valence-electron chi connectivity index (χ2n) is 10.4. The minimum Gasteiger partial charge on any atom is -0.508 e. The molecule has 2 aliphatic heterocycles. The number of nitrogens with zero attached hydrogens (tertiary/aromatic N) is 2. The number of piperidine rings is 1. The van der Waals surface area contributed by atoms with Crippen molar-refractivity contribution in [2.45, 2.75) is 38.1 Å². The van der Waals surface area contributed by atoms with Crippen LogP contribution in [0.2, 0.25) is 0 Å². The molecule has 4 heteroatoms. The van der Waals surface area contributed by atoms with Crippen molar-refractivity contribution in [3.63, 3.8) is 0 Å². The Bertz CT molecular complexity index is 1340. The van der Waals surface area contributed by atoms with Crippen molar-refractivity contribution in [2.24, 2.45) is 0 Å². The number of phenolic OH excluding ortho intramolecular Hbond substituents is 1. The first-order valence-electron chi connectivity index (χ1n) is 13.7. The Morgan fingerprint density at radius 3 is 2.49 bits per heavy atom. The molecule has 0 saturated carbocycles. The summed E-state index contributed by atoms with van der Waals surface area (Å²) in [5, 5.41) is 12.7. The van der Waals surface area contributed by atoms with Crippen LogP contribution in [0.25, 0.3) is 10.8 Å². The van der Waals surface area contributed by atoms with Gasteiger partial charge in [-0.2, -0.15) is 0 Å². The molecule has 2 heterocycles. The smallest absolute Gasteiger partial charge is 0.119 e. The van der Waals surface area contributed by atoms with Gasteiger partial charge in [0.15, 0.2) is 0 Å². The Morgan fingerprint density at radius 1 is 0.811 bits per heavy atom. The van der Waals surface area contributed by atoms with E-state index in [2.05, 4.69) is 82.6 Å². The van der Waals surface area contributed by atoms with Gasteiger partial charge in [0.25, 0.3) is 0 Å². The highest BCUT2D eigenvalue weighted by molar-refractivity contribution is 5.94. The number of likely N-dealkylation sites (tertiary alicyclic amines) is 1. The number of aromatic hydroxyl groups is 1. The number of anilines is 1. The molecule has 2 aliphatic rings. The Morgan fingerprint density at radius 2 is 1.62 bits per heavy atom. The maximum absolute atomic E-state index is 10.1. The van der Waals surface area contributed by atoms with E-state index >= 15 is 0 Å². The van der Waals surface area contributed by atoms with Crippen molar-refractivity contribution in [3.8, 4) is 11.5 Å². The quantitative estimate of drug-likeness (QED) is 0.309. The number of hydrogen-bond donors (Lipinski definition) is 1. The van der Waals surface area contributed by atoms with Gasteiger partial charge in [0.2, 0.25) is 0 Å². The third kappa shape index (κ3) is 5.30. The number of fused-ring (bicyclic) bond motifs is 2. The number of benzene rings is 4. The summed E-state index contributed by atoms with van der Waals surface area (Å²) in [7, 11) is 0. The summed E-state index contributed by atoms with van der Waals surface area (Å²) in [5.74, 6) is 1.29. The van der Waals surface area contributed by atoms with Crippen molar-refractivity contribution in [3.05, 3.63) is 102 Å². The van der Waals surface area contributed by atoms with Gasteiger partial charge in [-0.1, -0.05) is 61.0 Å². The first kappa shape index (κ1) is 23.9. The van der Waals surface area contributed by atoms with E-state index in [1.807, 2.05) is 12.1 Å². The Balaban J connectivity index is 1.23. The molecule has 1 fully saturated rings. The van der Waals surface area contributed by atoms with Crippen molar-refractivity contribution in [2.75, 3.05) is 37.7 Å². The number of phenols is 1.